The zero-order valence-corrected chi connectivity index (χ0v) is 19.8. The van der Waals surface area contributed by atoms with E-state index < -0.39 is 18.1 Å². The Morgan fingerprint density at radius 2 is 1.86 bits per heavy atom. The van der Waals surface area contributed by atoms with Crippen LogP contribution in [0.2, 0.25) is 0 Å². The standard InChI is InChI=1S/C28H27F2N3O3/c1-3-28(29,30)36-26-13-10-19(18-8-11-22(35-2)12-9-18)15-24(26)27(34)33-21(16-31)14-20-17-32-25-7-5-4-6-23(20)25/h3-13,15,17,21,32H,1,14,16,31H2,2H3,(H,33,34). The summed E-state index contributed by atoms with van der Waals surface area (Å²) in [4.78, 5) is 16.5. The smallest absolute Gasteiger partial charge is 0.419 e. The molecule has 1 atom stereocenters. The van der Waals surface area contributed by atoms with Crippen molar-refractivity contribution in [1.29, 1.82) is 0 Å². The molecular formula is C28H27F2N3O3. The van der Waals surface area contributed by atoms with Gasteiger partial charge in [-0.2, -0.15) is 8.78 Å². The van der Waals surface area contributed by atoms with Crippen molar-refractivity contribution in [3.8, 4) is 22.6 Å². The Morgan fingerprint density at radius 1 is 1.14 bits per heavy atom. The predicted octanol–water partition coefficient (Wildman–Crippen LogP) is 5.30. The molecule has 8 heteroatoms. The quantitative estimate of drug-likeness (QED) is 0.263. The summed E-state index contributed by atoms with van der Waals surface area (Å²) < 4.78 is 38.0. The number of para-hydroxylation sites is 1. The first-order chi connectivity index (χ1) is 17.3. The number of nitrogens with two attached hydrogens (primary N) is 1. The fraction of sp³-hybridized carbons (Fsp3) is 0.179. The monoisotopic (exact) mass is 491 g/mol. The lowest BCUT2D eigenvalue weighted by atomic mass is 10.0. The Bertz CT molecular complexity index is 1370. The maximum absolute atomic E-state index is 14.0. The molecule has 36 heavy (non-hydrogen) atoms. The molecule has 0 aliphatic carbocycles. The van der Waals surface area contributed by atoms with E-state index in [0.717, 1.165) is 22.0 Å². The van der Waals surface area contributed by atoms with Crippen LogP contribution in [0.5, 0.6) is 11.5 Å². The SMILES string of the molecule is C=CC(F)(F)Oc1ccc(-c2ccc(OC)cc2)cc1C(=O)NC(CN)Cc1c[nH]c2ccccc12. The largest absolute Gasteiger partial charge is 0.497 e. The van der Waals surface area contributed by atoms with E-state index in [1.165, 1.54) is 12.1 Å². The summed E-state index contributed by atoms with van der Waals surface area (Å²) >= 11 is 0. The lowest BCUT2D eigenvalue weighted by Crippen LogP contribution is -2.42. The Hall–Kier alpha value is -4.17. The second-order valence-electron chi connectivity index (χ2n) is 8.28. The lowest BCUT2D eigenvalue weighted by Gasteiger charge is -2.20. The topological polar surface area (TPSA) is 89.4 Å². The number of aromatic amines is 1. The summed E-state index contributed by atoms with van der Waals surface area (Å²) in [5.74, 6) is -0.168. The van der Waals surface area contributed by atoms with Crippen LogP contribution in [0.15, 0.2) is 85.6 Å². The van der Waals surface area contributed by atoms with Crippen LogP contribution in [0.1, 0.15) is 15.9 Å². The van der Waals surface area contributed by atoms with Crippen LogP contribution in [-0.2, 0) is 6.42 Å². The zero-order chi connectivity index (χ0) is 25.7. The van der Waals surface area contributed by atoms with Crippen LogP contribution in [-0.4, -0.2) is 36.7 Å². The van der Waals surface area contributed by atoms with Gasteiger partial charge in [-0.3, -0.25) is 4.79 Å². The van der Waals surface area contributed by atoms with Crippen molar-refractivity contribution in [3.63, 3.8) is 0 Å². The van der Waals surface area contributed by atoms with Gasteiger partial charge in [-0.1, -0.05) is 43.0 Å². The van der Waals surface area contributed by atoms with Gasteiger partial charge in [-0.05, 0) is 53.4 Å². The number of carbonyl (C=O) groups excluding carboxylic acids is 1. The molecule has 1 heterocycles. The second kappa shape index (κ2) is 10.6. The predicted molar refractivity (Wildman–Crippen MR) is 137 cm³/mol. The van der Waals surface area contributed by atoms with Crippen LogP contribution in [0, 0.1) is 0 Å². The van der Waals surface area contributed by atoms with E-state index in [1.54, 1.807) is 25.3 Å². The van der Waals surface area contributed by atoms with Crippen molar-refractivity contribution in [2.75, 3.05) is 13.7 Å². The zero-order valence-electron chi connectivity index (χ0n) is 19.8. The molecule has 4 aromatic rings. The van der Waals surface area contributed by atoms with Crippen LogP contribution >= 0.6 is 0 Å². The maximum Gasteiger partial charge on any atom is 0.419 e. The first-order valence-corrected chi connectivity index (χ1v) is 11.4. The summed E-state index contributed by atoms with van der Waals surface area (Å²) in [6.45, 7) is 3.26. The molecule has 1 aromatic heterocycles. The Labute approximate surface area is 207 Å². The molecule has 1 amide bonds. The van der Waals surface area contributed by atoms with Gasteiger partial charge < -0.3 is 25.5 Å². The number of hydrogen-bond donors (Lipinski definition) is 3. The highest BCUT2D eigenvalue weighted by Gasteiger charge is 2.29. The number of H-pyrrole nitrogens is 1. The number of hydrogen-bond acceptors (Lipinski definition) is 4. The summed E-state index contributed by atoms with van der Waals surface area (Å²) in [5.41, 5.74) is 9.32. The third kappa shape index (κ3) is 5.55. The van der Waals surface area contributed by atoms with Crippen molar-refractivity contribution >= 4 is 16.8 Å². The van der Waals surface area contributed by atoms with Crippen molar-refractivity contribution in [2.24, 2.45) is 5.73 Å². The van der Waals surface area contributed by atoms with E-state index in [9.17, 15) is 13.6 Å². The molecule has 4 N–H and O–H groups in total. The number of halogens is 2. The van der Waals surface area contributed by atoms with Crippen LogP contribution < -0.4 is 20.5 Å². The minimum absolute atomic E-state index is 0.0396. The van der Waals surface area contributed by atoms with Gasteiger partial charge >= 0.3 is 6.11 Å². The lowest BCUT2D eigenvalue weighted by molar-refractivity contribution is -0.131. The van der Waals surface area contributed by atoms with Crippen LogP contribution in [0.4, 0.5) is 8.78 Å². The van der Waals surface area contributed by atoms with E-state index in [-0.39, 0.29) is 17.9 Å². The third-order valence-corrected chi connectivity index (χ3v) is 5.89. The van der Waals surface area contributed by atoms with Crippen molar-refractivity contribution in [3.05, 3.63) is 96.7 Å². The molecule has 0 radical (unpaired) electrons. The molecule has 1 unspecified atom stereocenters. The number of benzene rings is 3. The molecule has 6 nitrogen and oxygen atoms in total. The van der Waals surface area contributed by atoms with Crippen molar-refractivity contribution in [1.82, 2.24) is 10.3 Å². The van der Waals surface area contributed by atoms with Gasteiger partial charge in [0.1, 0.15) is 11.5 Å². The number of amides is 1. The number of aromatic nitrogens is 1. The first-order valence-electron chi connectivity index (χ1n) is 11.4. The van der Waals surface area contributed by atoms with E-state index in [1.807, 2.05) is 42.6 Å². The molecule has 0 spiro atoms. The number of rotatable bonds is 10. The van der Waals surface area contributed by atoms with E-state index >= 15 is 0 Å². The second-order valence-corrected chi connectivity index (χ2v) is 8.28. The minimum atomic E-state index is -3.64. The van der Waals surface area contributed by atoms with Crippen molar-refractivity contribution < 1.29 is 23.0 Å². The highest BCUT2D eigenvalue weighted by Crippen LogP contribution is 2.31. The van der Waals surface area contributed by atoms with Gasteiger partial charge in [0.05, 0.1) is 12.7 Å². The molecule has 0 aliphatic heterocycles. The van der Waals surface area contributed by atoms with Crippen LogP contribution in [0.3, 0.4) is 0 Å². The average Bonchev–Trinajstić information content (AvgIpc) is 3.31. The highest BCUT2D eigenvalue weighted by atomic mass is 19.3. The first kappa shape index (κ1) is 24.9. The Balaban J connectivity index is 1.63. The molecule has 0 saturated heterocycles. The summed E-state index contributed by atoms with van der Waals surface area (Å²) in [6, 6.07) is 19.0. The third-order valence-electron chi connectivity index (χ3n) is 5.89. The molecule has 0 fully saturated rings. The van der Waals surface area contributed by atoms with Gasteiger partial charge in [0, 0.05) is 35.8 Å². The molecule has 0 aliphatic rings. The normalized spacial score (nSPS) is 12.2. The number of ether oxygens (including phenoxy) is 2. The Morgan fingerprint density at radius 3 is 2.56 bits per heavy atom. The number of methoxy groups -OCH3 is 1. The highest BCUT2D eigenvalue weighted by molar-refractivity contribution is 5.98. The van der Waals surface area contributed by atoms with Crippen LogP contribution in [0.25, 0.3) is 22.0 Å². The average molecular weight is 492 g/mol. The molecule has 3 aromatic carbocycles. The Kier molecular flexibility index (Phi) is 7.36. The number of nitrogens with one attached hydrogen (secondary N) is 2. The van der Waals surface area contributed by atoms with Gasteiger partial charge in [0.25, 0.3) is 5.91 Å². The number of fused-ring (bicyclic) bond motifs is 1. The molecular weight excluding hydrogens is 464 g/mol. The molecule has 0 saturated carbocycles. The van der Waals surface area contributed by atoms with Crippen molar-refractivity contribution in [2.45, 2.75) is 18.6 Å². The fourth-order valence-electron chi connectivity index (χ4n) is 3.97. The summed E-state index contributed by atoms with van der Waals surface area (Å²) in [5, 5.41) is 3.91. The minimum Gasteiger partial charge on any atom is -0.497 e. The van der Waals surface area contributed by atoms with E-state index in [2.05, 4.69) is 16.9 Å². The van der Waals surface area contributed by atoms with Gasteiger partial charge in [0.2, 0.25) is 0 Å². The summed E-state index contributed by atoms with van der Waals surface area (Å²) in [6.07, 6.45) is -0.924. The van der Waals surface area contributed by atoms with Gasteiger partial charge in [-0.25, -0.2) is 0 Å². The fourth-order valence-corrected chi connectivity index (χ4v) is 3.97. The van der Waals surface area contributed by atoms with Gasteiger partial charge in [-0.15, -0.1) is 0 Å². The molecule has 0 bridgehead atoms. The van der Waals surface area contributed by atoms with Gasteiger partial charge in [0.15, 0.2) is 0 Å². The molecule has 4 rings (SSSR count). The molecule has 186 valence electrons. The van der Waals surface area contributed by atoms with E-state index in [0.29, 0.717) is 23.8 Å². The summed E-state index contributed by atoms with van der Waals surface area (Å²) in [7, 11) is 1.56. The number of carbonyl (C=O) groups is 1. The number of alkyl halides is 2. The maximum atomic E-state index is 14.0. The van der Waals surface area contributed by atoms with E-state index in [4.69, 9.17) is 15.2 Å².